The summed E-state index contributed by atoms with van der Waals surface area (Å²) in [5.74, 6) is 0.132. The molecule has 1 aromatic carbocycles. The largest absolute Gasteiger partial charge is 0.382 e. The Bertz CT molecular complexity index is 1090. The number of rotatable bonds is 5. The number of anilines is 1. The second-order valence-electron chi connectivity index (χ2n) is 5.61. The molecule has 0 bridgehead atoms. The molecular formula is C15H17ClN6O2S. The standard InChI is InChI=1S/C15H17ClN6O2S/c1-2-7-25(18,24)14-20-12(17)11-13(21-14)22(15(23)19-11)8-9-3-5-10(16)6-4-9/h3-6,18H,2,7-8H2,1H3,(H,19,23)(H2,17,20,21). The number of nitrogens with one attached hydrogen (secondary N) is 2. The molecule has 10 heteroatoms. The average molecular weight is 381 g/mol. The Balaban J connectivity index is 2.15. The first-order valence-corrected chi connectivity index (χ1v) is 9.69. The van der Waals surface area contributed by atoms with Crippen molar-refractivity contribution in [1.29, 1.82) is 4.78 Å². The van der Waals surface area contributed by atoms with Crippen molar-refractivity contribution in [3.8, 4) is 0 Å². The molecular weight excluding hydrogens is 364 g/mol. The number of hydrogen-bond donors (Lipinski definition) is 3. The Kier molecular flexibility index (Phi) is 4.53. The van der Waals surface area contributed by atoms with Crippen molar-refractivity contribution in [3.63, 3.8) is 0 Å². The van der Waals surface area contributed by atoms with E-state index in [2.05, 4.69) is 15.0 Å². The van der Waals surface area contributed by atoms with Crippen molar-refractivity contribution in [2.24, 2.45) is 0 Å². The van der Waals surface area contributed by atoms with E-state index in [1.54, 1.807) is 24.3 Å². The lowest BCUT2D eigenvalue weighted by atomic mass is 10.2. The minimum atomic E-state index is -3.16. The van der Waals surface area contributed by atoms with Gasteiger partial charge in [-0.1, -0.05) is 30.7 Å². The molecule has 2 heterocycles. The minimum Gasteiger partial charge on any atom is -0.382 e. The number of H-pyrrole nitrogens is 1. The lowest BCUT2D eigenvalue weighted by Gasteiger charge is -2.08. The van der Waals surface area contributed by atoms with Crippen molar-refractivity contribution in [2.45, 2.75) is 25.0 Å². The van der Waals surface area contributed by atoms with Crippen LogP contribution < -0.4 is 11.4 Å². The number of nitrogen functional groups attached to an aromatic ring is 1. The van der Waals surface area contributed by atoms with Gasteiger partial charge in [0.05, 0.1) is 6.54 Å². The lowest BCUT2D eigenvalue weighted by molar-refractivity contribution is 0.665. The van der Waals surface area contributed by atoms with Crippen LogP contribution in [0, 0.1) is 4.78 Å². The van der Waals surface area contributed by atoms with E-state index in [4.69, 9.17) is 22.1 Å². The van der Waals surface area contributed by atoms with Gasteiger partial charge in [0.15, 0.2) is 11.5 Å². The zero-order valence-corrected chi connectivity index (χ0v) is 15.0. The number of imidazole rings is 1. The fourth-order valence-electron chi connectivity index (χ4n) is 2.48. The highest BCUT2D eigenvalue weighted by molar-refractivity contribution is 7.92. The van der Waals surface area contributed by atoms with Crippen LogP contribution in [0.5, 0.6) is 0 Å². The van der Waals surface area contributed by atoms with Crippen LogP contribution in [0.4, 0.5) is 5.82 Å². The molecule has 3 rings (SSSR count). The van der Waals surface area contributed by atoms with Gasteiger partial charge in [-0.2, -0.15) is 4.98 Å². The average Bonchev–Trinajstić information content (AvgIpc) is 2.86. The molecule has 0 amide bonds. The van der Waals surface area contributed by atoms with Crippen LogP contribution in [0.25, 0.3) is 11.2 Å². The number of halogens is 1. The molecule has 0 radical (unpaired) electrons. The number of aromatic amines is 1. The summed E-state index contributed by atoms with van der Waals surface area (Å²) in [5.41, 5.74) is 6.82. The minimum absolute atomic E-state index is 0.00281. The van der Waals surface area contributed by atoms with Gasteiger partial charge in [-0.05, 0) is 24.1 Å². The molecule has 0 fully saturated rings. The van der Waals surface area contributed by atoms with Gasteiger partial charge in [0.1, 0.15) is 15.2 Å². The summed E-state index contributed by atoms with van der Waals surface area (Å²) in [5, 5.41) is 0.445. The van der Waals surface area contributed by atoms with Crippen molar-refractivity contribution < 1.29 is 4.21 Å². The van der Waals surface area contributed by atoms with Crippen molar-refractivity contribution >= 4 is 38.3 Å². The highest BCUT2D eigenvalue weighted by Crippen LogP contribution is 2.19. The Morgan fingerprint density at radius 3 is 2.64 bits per heavy atom. The first kappa shape index (κ1) is 17.4. The van der Waals surface area contributed by atoms with Crippen LogP contribution in [0.3, 0.4) is 0 Å². The second kappa shape index (κ2) is 6.49. The lowest BCUT2D eigenvalue weighted by Crippen LogP contribution is -2.18. The second-order valence-corrected chi connectivity index (χ2v) is 8.17. The molecule has 4 N–H and O–H groups in total. The van der Waals surface area contributed by atoms with Crippen LogP contribution in [-0.2, 0) is 16.3 Å². The Morgan fingerprint density at radius 1 is 1.32 bits per heavy atom. The predicted octanol–water partition coefficient (Wildman–Crippen LogP) is 2.22. The number of fused-ring (bicyclic) bond motifs is 1. The molecule has 3 aromatic rings. The maximum Gasteiger partial charge on any atom is 0.328 e. The van der Waals surface area contributed by atoms with E-state index in [0.717, 1.165) is 5.56 Å². The van der Waals surface area contributed by atoms with Crippen LogP contribution >= 0.6 is 11.6 Å². The topological polar surface area (TPSA) is 131 Å². The van der Waals surface area contributed by atoms with Gasteiger partial charge in [-0.25, -0.2) is 18.8 Å². The van der Waals surface area contributed by atoms with Crippen molar-refractivity contribution in [2.75, 3.05) is 11.5 Å². The maximum absolute atomic E-state index is 12.5. The Labute approximate surface area is 149 Å². The van der Waals surface area contributed by atoms with Crippen LogP contribution in [0.1, 0.15) is 18.9 Å². The van der Waals surface area contributed by atoms with E-state index in [1.807, 2.05) is 6.92 Å². The highest BCUT2D eigenvalue weighted by atomic mass is 35.5. The molecule has 0 saturated heterocycles. The third kappa shape index (κ3) is 3.38. The van der Waals surface area contributed by atoms with E-state index < -0.39 is 15.4 Å². The van der Waals surface area contributed by atoms with Crippen molar-refractivity contribution in [3.05, 3.63) is 45.3 Å². The highest BCUT2D eigenvalue weighted by Gasteiger charge is 2.19. The Morgan fingerprint density at radius 2 is 2.00 bits per heavy atom. The normalized spacial score (nSPS) is 13.8. The van der Waals surface area contributed by atoms with Gasteiger partial charge in [0.2, 0.25) is 5.16 Å². The first-order valence-electron chi connectivity index (χ1n) is 7.59. The molecule has 132 valence electrons. The fraction of sp³-hybridized carbons (Fsp3) is 0.267. The number of aromatic nitrogens is 4. The number of nitrogens with two attached hydrogens (primary N) is 1. The predicted molar refractivity (Wildman–Crippen MR) is 97.4 cm³/mol. The SMILES string of the molecule is CCCS(=N)(=O)c1nc(N)c2[nH]c(=O)n(Cc3ccc(Cl)cc3)c2n1. The summed E-state index contributed by atoms with van der Waals surface area (Å²) in [6.45, 7) is 2.06. The van der Waals surface area contributed by atoms with Gasteiger partial charge >= 0.3 is 5.69 Å². The summed E-state index contributed by atoms with van der Waals surface area (Å²) in [7, 11) is -3.16. The summed E-state index contributed by atoms with van der Waals surface area (Å²) >= 11 is 5.88. The molecule has 1 unspecified atom stereocenters. The van der Waals surface area contributed by atoms with Gasteiger partial charge in [-0.3, -0.25) is 4.57 Å². The molecule has 8 nitrogen and oxygen atoms in total. The van der Waals surface area contributed by atoms with Gasteiger partial charge < -0.3 is 10.7 Å². The van der Waals surface area contributed by atoms with Crippen LogP contribution in [0.15, 0.2) is 34.2 Å². The summed E-state index contributed by atoms with van der Waals surface area (Å²) in [6, 6.07) is 7.04. The molecule has 0 aliphatic heterocycles. The van der Waals surface area contributed by atoms with E-state index >= 15 is 0 Å². The first-order chi connectivity index (χ1) is 11.8. The molecule has 0 saturated carbocycles. The van der Waals surface area contributed by atoms with Gasteiger partial charge in [0, 0.05) is 10.8 Å². The van der Waals surface area contributed by atoms with Crippen LogP contribution in [-0.4, -0.2) is 29.5 Å². The third-order valence-electron chi connectivity index (χ3n) is 3.67. The van der Waals surface area contributed by atoms with E-state index in [-0.39, 0.29) is 34.4 Å². The van der Waals surface area contributed by atoms with E-state index in [9.17, 15) is 9.00 Å². The monoisotopic (exact) mass is 380 g/mol. The molecule has 0 spiro atoms. The quantitative estimate of drug-likeness (QED) is 0.584. The third-order valence-corrected chi connectivity index (χ3v) is 5.68. The maximum atomic E-state index is 12.5. The fourth-order valence-corrected chi connectivity index (χ4v) is 3.84. The van der Waals surface area contributed by atoms with E-state index in [1.165, 1.54) is 4.57 Å². The number of nitrogens with zero attached hydrogens (tertiary/aromatic N) is 3. The van der Waals surface area contributed by atoms with E-state index in [0.29, 0.717) is 11.4 Å². The smallest absolute Gasteiger partial charge is 0.328 e. The zero-order chi connectivity index (χ0) is 18.2. The molecule has 2 aromatic heterocycles. The Hall–Kier alpha value is -2.39. The number of hydrogen-bond acceptors (Lipinski definition) is 6. The summed E-state index contributed by atoms with van der Waals surface area (Å²) in [4.78, 5) is 23.1. The zero-order valence-electron chi connectivity index (χ0n) is 13.5. The van der Waals surface area contributed by atoms with Crippen LogP contribution in [0.2, 0.25) is 5.02 Å². The van der Waals surface area contributed by atoms with Gasteiger partial charge in [0.25, 0.3) is 0 Å². The molecule has 25 heavy (non-hydrogen) atoms. The van der Waals surface area contributed by atoms with Crippen molar-refractivity contribution in [1.82, 2.24) is 19.5 Å². The molecule has 1 atom stereocenters. The number of benzene rings is 1. The van der Waals surface area contributed by atoms with Gasteiger partial charge in [-0.15, -0.1) is 0 Å². The molecule has 0 aliphatic carbocycles. The summed E-state index contributed by atoms with van der Waals surface area (Å²) < 4.78 is 21.8. The summed E-state index contributed by atoms with van der Waals surface area (Å²) in [6.07, 6.45) is 0.550. The molecule has 0 aliphatic rings.